The second-order valence-electron chi connectivity index (χ2n) is 6.77. The standard InChI is InChI=1S/C23H20Cl2FNO5/c1-4-10-31-23(30)16-9-7-6-8-15(16)22(29)27(21(28)13-24)19-12-20(32-14(3)5-2)17(25)11-18(19)26/h1-2,11-12,14H,6-10,13H2,3H3. The second-order valence-corrected chi connectivity index (χ2v) is 7.45. The molecule has 0 bridgehead atoms. The summed E-state index contributed by atoms with van der Waals surface area (Å²) in [5.74, 6) is 0.354. The van der Waals surface area contributed by atoms with Gasteiger partial charge in [-0.05, 0) is 38.7 Å². The summed E-state index contributed by atoms with van der Waals surface area (Å²) < 4.78 is 25.3. The second kappa shape index (κ2) is 11.6. The number of hydrogen-bond donors (Lipinski definition) is 0. The molecule has 1 unspecified atom stereocenters. The van der Waals surface area contributed by atoms with Crippen LogP contribution in [-0.4, -0.2) is 36.4 Å². The average Bonchev–Trinajstić information content (AvgIpc) is 2.79. The van der Waals surface area contributed by atoms with Crippen molar-refractivity contribution in [2.45, 2.75) is 38.7 Å². The highest BCUT2D eigenvalue weighted by atomic mass is 35.5. The van der Waals surface area contributed by atoms with Gasteiger partial charge in [0, 0.05) is 17.2 Å². The van der Waals surface area contributed by atoms with Crippen molar-refractivity contribution in [2.24, 2.45) is 0 Å². The van der Waals surface area contributed by atoms with Crippen LogP contribution in [-0.2, 0) is 19.1 Å². The van der Waals surface area contributed by atoms with Crippen molar-refractivity contribution in [3.05, 3.63) is 34.1 Å². The Morgan fingerprint density at radius 3 is 2.47 bits per heavy atom. The van der Waals surface area contributed by atoms with Crippen LogP contribution < -0.4 is 9.64 Å². The molecule has 32 heavy (non-hydrogen) atoms. The van der Waals surface area contributed by atoms with Gasteiger partial charge in [0.15, 0.2) is 12.7 Å². The molecular weight excluding hydrogens is 460 g/mol. The Hall–Kier alpha value is -3.00. The van der Waals surface area contributed by atoms with Gasteiger partial charge in [0.25, 0.3) is 5.91 Å². The molecule has 0 saturated heterocycles. The van der Waals surface area contributed by atoms with Crippen LogP contribution >= 0.6 is 23.2 Å². The van der Waals surface area contributed by atoms with Crippen LogP contribution in [0.2, 0.25) is 5.02 Å². The molecule has 0 aromatic heterocycles. The largest absolute Gasteiger partial charge is 0.476 e. The van der Waals surface area contributed by atoms with E-state index in [4.69, 9.17) is 45.5 Å². The number of anilines is 1. The smallest absolute Gasteiger partial charge is 0.335 e. The minimum atomic E-state index is -0.963. The molecule has 0 aliphatic heterocycles. The molecule has 1 aliphatic rings. The summed E-state index contributed by atoms with van der Waals surface area (Å²) in [6, 6.07) is 1.99. The highest BCUT2D eigenvalue weighted by molar-refractivity contribution is 6.35. The fourth-order valence-electron chi connectivity index (χ4n) is 3.12. The molecule has 0 N–H and O–H groups in total. The number of imide groups is 1. The van der Waals surface area contributed by atoms with Crippen molar-refractivity contribution < 1.29 is 28.2 Å². The number of amides is 2. The highest BCUT2D eigenvalue weighted by Gasteiger charge is 2.33. The minimum Gasteiger partial charge on any atom is -0.476 e. The lowest BCUT2D eigenvalue weighted by atomic mass is 9.90. The van der Waals surface area contributed by atoms with Gasteiger partial charge in [0.1, 0.15) is 17.4 Å². The summed E-state index contributed by atoms with van der Waals surface area (Å²) in [5, 5.41) is -0.102. The van der Waals surface area contributed by atoms with Crippen molar-refractivity contribution >= 4 is 46.7 Å². The average molecular weight is 480 g/mol. The number of rotatable bonds is 7. The van der Waals surface area contributed by atoms with Crippen LogP contribution in [0.5, 0.6) is 5.75 Å². The first-order chi connectivity index (χ1) is 15.2. The number of carbonyl (C=O) groups excluding carboxylic acids is 3. The summed E-state index contributed by atoms with van der Waals surface area (Å²) >= 11 is 11.7. The van der Waals surface area contributed by atoms with E-state index in [-0.39, 0.29) is 41.4 Å². The van der Waals surface area contributed by atoms with Crippen LogP contribution in [0.3, 0.4) is 0 Å². The SMILES string of the molecule is C#CCOC(=O)C1=C(C(=O)N(C(=O)CCl)c2cc(OC(C)C#C)c(Cl)cc2F)CCCC1. The number of alkyl halides is 1. The highest BCUT2D eigenvalue weighted by Crippen LogP contribution is 2.35. The zero-order chi connectivity index (χ0) is 23.8. The normalized spacial score (nSPS) is 14.1. The number of hydrogen-bond acceptors (Lipinski definition) is 5. The zero-order valence-electron chi connectivity index (χ0n) is 17.3. The van der Waals surface area contributed by atoms with Crippen LogP contribution in [0.4, 0.5) is 10.1 Å². The third-order valence-corrected chi connectivity index (χ3v) is 5.13. The predicted octanol–water partition coefficient (Wildman–Crippen LogP) is 4.03. The van der Waals surface area contributed by atoms with Gasteiger partial charge in [-0.1, -0.05) is 23.4 Å². The fraction of sp³-hybridized carbons (Fsp3) is 0.348. The molecular formula is C23H20Cl2FNO5. The monoisotopic (exact) mass is 479 g/mol. The van der Waals surface area contributed by atoms with Gasteiger partial charge in [-0.2, -0.15) is 0 Å². The van der Waals surface area contributed by atoms with Crippen LogP contribution in [0.1, 0.15) is 32.6 Å². The Bertz CT molecular complexity index is 1040. The van der Waals surface area contributed by atoms with Gasteiger partial charge >= 0.3 is 5.97 Å². The molecule has 1 atom stereocenters. The lowest BCUT2D eigenvalue weighted by Gasteiger charge is -2.26. The van der Waals surface area contributed by atoms with Crippen molar-refractivity contribution in [1.29, 1.82) is 0 Å². The van der Waals surface area contributed by atoms with E-state index in [2.05, 4.69) is 11.8 Å². The Labute approximate surface area is 195 Å². The number of carbonyl (C=O) groups is 3. The van der Waals surface area contributed by atoms with Crippen molar-refractivity contribution in [3.63, 3.8) is 0 Å². The molecule has 0 saturated carbocycles. The maximum atomic E-state index is 14.8. The molecule has 0 heterocycles. The first kappa shape index (κ1) is 25.3. The summed E-state index contributed by atoms with van der Waals surface area (Å²) in [5.41, 5.74) is -0.306. The molecule has 0 fully saturated rings. The number of terminal acetylenes is 2. The molecule has 1 aromatic carbocycles. The summed E-state index contributed by atoms with van der Waals surface area (Å²) in [7, 11) is 0. The fourth-order valence-corrected chi connectivity index (χ4v) is 3.43. The molecule has 0 spiro atoms. The van der Waals surface area contributed by atoms with E-state index in [0.29, 0.717) is 17.7 Å². The van der Waals surface area contributed by atoms with Gasteiger partial charge in [0.2, 0.25) is 5.91 Å². The van der Waals surface area contributed by atoms with Crippen LogP contribution in [0.15, 0.2) is 23.3 Å². The number of ether oxygens (including phenoxy) is 2. The Kier molecular flexibility index (Phi) is 9.13. The first-order valence-electron chi connectivity index (χ1n) is 9.62. The molecule has 168 valence electrons. The maximum Gasteiger partial charge on any atom is 0.335 e. The summed E-state index contributed by atoms with van der Waals surface area (Å²) in [6.45, 7) is 1.29. The summed E-state index contributed by atoms with van der Waals surface area (Å²) in [6.07, 6.45) is 11.4. The van der Waals surface area contributed by atoms with E-state index in [1.165, 1.54) is 0 Å². The lowest BCUT2D eigenvalue weighted by Crippen LogP contribution is -2.40. The quantitative estimate of drug-likeness (QED) is 0.335. The number of nitrogens with zero attached hydrogens (tertiary/aromatic N) is 1. The summed E-state index contributed by atoms with van der Waals surface area (Å²) in [4.78, 5) is 39.0. The maximum absolute atomic E-state index is 14.8. The topological polar surface area (TPSA) is 72.9 Å². The molecule has 2 amide bonds. The molecule has 1 aromatic rings. The third-order valence-electron chi connectivity index (χ3n) is 4.61. The van der Waals surface area contributed by atoms with Gasteiger partial charge in [-0.3, -0.25) is 9.59 Å². The Morgan fingerprint density at radius 2 is 1.88 bits per heavy atom. The molecule has 1 aliphatic carbocycles. The zero-order valence-corrected chi connectivity index (χ0v) is 18.8. The van der Waals surface area contributed by atoms with Crippen LogP contribution in [0.25, 0.3) is 0 Å². The molecule has 6 nitrogen and oxygen atoms in total. The third kappa shape index (κ3) is 5.82. The van der Waals surface area contributed by atoms with Gasteiger partial charge < -0.3 is 9.47 Å². The van der Waals surface area contributed by atoms with E-state index in [1.807, 2.05) is 0 Å². The molecule has 2 rings (SSSR count). The van der Waals surface area contributed by atoms with E-state index in [0.717, 1.165) is 12.1 Å². The lowest BCUT2D eigenvalue weighted by molar-refractivity contribution is -0.138. The predicted molar refractivity (Wildman–Crippen MR) is 119 cm³/mol. The first-order valence-corrected chi connectivity index (χ1v) is 10.5. The number of benzene rings is 1. The van der Waals surface area contributed by atoms with E-state index < -0.39 is 41.3 Å². The van der Waals surface area contributed by atoms with Gasteiger partial charge in [-0.25, -0.2) is 14.1 Å². The Balaban J connectivity index is 2.58. The van der Waals surface area contributed by atoms with Crippen molar-refractivity contribution in [2.75, 3.05) is 17.4 Å². The van der Waals surface area contributed by atoms with E-state index >= 15 is 0 Å². The number of halogens is 3. The van der Waals surface area contributed by atoms with Crippen molar-refractivity contribution in [1.82, 2.24) is 0 Å². The molecule has 0 radical (unpaired) electrons. The van der Waals surface area contributed by atoms with E-state index in [1.54, 1.807) is 6.92 Å². The number of esters is 1. The van der Waals surface area contributed by atoms with Crippen molar-refractivity contribution in [3.8, 4) is 30.4 Å². The van der Waals surface area contributed by atoms with Gasteiger partial charge in [-0.15, -0.1) is 24.4 Å². The molecule has 9 heteroatoms. The van der Waals surface area contributed by atoms with E-state index in [9.17, 15) is 18.8 Å². The van der Waals surface area contributed by atoms with Crippen LogP contribution in [0, 0.1) is 30.5 Å². The Morgan fingerprint density at radius 1 is 1.22 bits per heavy atom. The van der Waals surface area contributed by atoms with Gasteiger partial charge in [0.05, 0.1) is 10.7 Å². The minimum absolute atomic E-state index is 0.0278.